The minimum absolute atomic E-state index is 0.175. The molecule has 0 atom stereocenters. The van der Waals surface area contributed by atoms with Crippen molar-refractivity contribution in [3.63, 3.8) is 0 Å². The Bertz CT molecular complexity index is 503. The van der Waals surface area contributed by atoms with Crippen molar-refractivity contribution in [2.45, 2.75) is 44.6 Å². The molecule has 1 saturated carbocycles. The fourth-order valence-electron chi connectivity index (χ4n) is 2.13. The molecular weight excluding hydrogens is 248 g/mol. The predicted molar refractivity (Wildman–Crippen MR) is 62.1 cm³/mol. The van der Waals surface area contributed by atoms with E-state index in [1.54, 1.807) is 18.5 Å². The summed E-state index contributed by atoms with van der Waals surface area (Å²) >= 11 is 0. The summed E-state index contributed by atoms with van der Waals surface area (Å²) in [4.78, 5) is 0.175. The zero-order valence-corrected chi connectivity index (χ0v) is 11.0. The number of halogens is 1. The van der Waals surface area contributed by atoms with Gasteiger partial charge in [0.05, 0.1) is 11.4 Å². The van der Waals surface area contributed by atoms with Crippen LogP contribution in [0.1, 0.15) is 30.7 Å². The van der Waals surface area contributed by atoms with Crippen LogP contribution in [0.3, 0.4) is 0 Å². The van der Waals surface area contributed by atoms with Crippen LogP contribution in [0.4, 0.5) is 0 Å². The van der Waals surface area contributed by atoms with Gasteiger partial charge in [-0.25, -0.2) is 8.42 Å². The van der Waals surface area contributed by atoms with Crippen molar-refractivity contribution >= 4 is 19.7 Å². The van der Waals surface area contributed by atoms with E-state index < -0.39 is 9.05 Å². The first-order chi connectivity index (χ1) is 7.39. The van der Waals surface area contributed by atoms with Gasteiger partial charge in [-0.15, -0.1) is 0 Å². The molecule has 2 rings (SSSR count). The van der Waals surface area contributed by atoms with Gasteiger partial charge in [-0.2, -0.15) is 5.10 Å². The summed E-state index contributed by atoms with van der Waals surface area (Å²) in [5.74, 6) is 0.642. The Morgan fingerprint density at radius 3 is 2.44 bits per heavy atom. The Hall–Kier alpha value is -0.550. The molecular formula is C10H15ClN2O2S. The molecule has 0 aliphatic heterocycles. The molecule has 0 saturated heterocycles. The summed E-state index contributed by atoms with van der Waals surface area (Å²) in [6, 6.07) is 0. The average molecular weight is 263 g/mol. The molecule has 0 amide bonds. The maximum absolute atomic E-state index is 11.4. The number of hydrogen-bond acceptors (Lipinski definition) is 3. The highest BCUT2D eigenvalue weighted by atomic mass is 35.7. The lowest BCUT2D eigenvalue weighted by molar-refractivity contribution is 0.264. The molecule has 1 heterocycles. The Morgan fingerprint density at radius 2 is 2.06 bits per heavy atom. The smallest absolute Gasteiger partial charge is 0.264 e. The predicted octanol–water partition coefficient (Wildman–Crippen LogP) is 2.23. The van der Waals surface area contributed by atoms with Gasteiger partial charge in [0.25, 0.3) is 9.05 Å². The van der Waals surface area contributed by atoms with Crippen LogP contribution in [0.15, 0.2) is 4.90 Å². The van der Waals surface area contributed by atoms with E-state index in [0.717, 1.165) is 6.54 Å². The third-order valence-corrected chi connectivity index (χ3v) is 4.76. The van der Waals surface area contributed by atoms with E-state index in [9.17, 15) is 8.42 Å². The minimum atomic E-state index is -3.68. The lowest BCUT2D eigenvalue weighted by Gasteiger charge is -2.25. The van der Waals surface area contributed by atoms with E-state index >= 15 is 0 Å². The fraction of sp³-hybridized carbons (Fsp3) is 0.700. The molecule has 1 aliphatic carbocycles. The first kappa shape index (κ1) is 11.9. The second-order valence-corrected chi connectivity index (χ2v) is 6.92. The third kappa shape index (κ3) is 2.11. The van der Waals surface area contributed by atoms with Crippen LogP contribution in [-0.4, -0.2) is 18.2 Å². The largest absolute Gasteiger partial charge is 0.268 e. The zero-order valence-electron chi connectivity index (χ0n) is 9.40. The monoisotopic (exact) mass is 262 g/mol. The summed E-state index contributed by atoms with van der Waals surface area (Å²) < 4.78 is 24.5. The normalized spacial score (nSPS) is 17.4. The maximum Gasteiger partial charge on any atom is 0.264 e. The summed E-state index contributed by atoms with van der Waals surface area (Å²) in [6.45, 7) is 4.24. The van der Waals surface area contributed by atoms with Crippen LogP contribution in [0.25, 0.3) is 0 Å². The first-order valence-electron chi connectivity index (χ1n) is 5.38. The SMILES string of the molecule is Cc1nn(CC2CCC2)c(C)c1S(=O)(=O)Cl. The summed E-state index contributed by atoms with van der Waals surface area (Å²) in [7, 11) is 1.71. The van der Waals surface area contributed by atoms with Gasteiger partial charge in [0.2, 0.25) is 0 Å². The molecule has 0 aromatic carbocycles. The Labute approximate surface area is 100 Å². The Morgan fingerprint density at radius 1 is 1.44 bits per heavy atom. The minimum Gasteiger partial charge on any atom is -0.268 e. The first-order valence-corrected chi connectivity index (χ1v) is 7.69. The van der Waals surface area contributed by atoms with Gasteiger partial charge in [0, 0.05) is 17.2 Å². The molecule has 6 heteroatoms. The molecule has 0 bridgehead atoms. The molecule has 90 valence electrons. The van der Waals surface area contributed by atoms with Crippen LogP contribution >= 0.6 is 10.7 Å². The number of hydrogen-bond donors (Lipinski definition) is 0. The summed E-state index contributed by atoms with van der Waals surface area (Å²) in [6.07, 6.45) is 3.69. The highest BCUT2D eigenvalue weighted by molar-refractivity contribution is 8.13. The van der Waals surface area contributed by atoms with Gasteiger partial charge in [-0.05, 0) is 32.6 Å². The van der Waals surface area contributed by atoms with E-state index in [0.29, 0.717) is 17.3 Å². The van der Waals surface area contributed by atoms with Crippen LogP contribution in [-0.2, 0) is 15.6 Å². The van der Waals surface area contributed by atoms with Gasteiger partial charge in [0.1, 0.15) is 4.90 Å². The molecule has 0 radical (unpaired) electrons. The highest BCUT2D eigenvalue weighted by Gasteiger charge is 2.25. The van der Waals surface area contributed by atoms with Crippen LogP contribution in [0.2, 0.25) is 0 Å². The van der Waals surface area contributed by atoms with E-state index in [2.05, 4.69) is 5.10 Å². The molecule has 16 heavy (non-hydrogen) atoms. The Kier molecular flexibility index (Phi) is 3.01. The topological polar surface area (TPSA) is 52.0 Å². The quantitative estimate of drug-likeness (QED) is 0.785. The summed E-state index contributed by atoms with van der Waals surface area (Å²) in [5, 5.41) is 4.25. The Balaban J connectivity index is 2.34. The van der Waals surface area contributed by atoms with Crippen molar-refractivity contribution in [3.05, 3.63) is 11.4 Å². The third-order valence-electron chi connectivity index (χ3n) is 3.21. The van der Waals surface area contributed by atoms with Gasteiger partial charge in [-0.1, -0.05) is 6.42 Å². The number of rotatable bonds is 3. The number of aryl methyl sites for hydroxylation is 1. The molecule has 0 unspecified atom stereocenters. The van der Waals surface area contributed by atoms with Gasteiger partial charge < -0.3 is 0 Å². The van der Waals surface area contributed by atoms with Gasteiger partial charge in [-0.3, -0.25) is 4.68 Å². The molecule has 1 aromatic rings. The molecule has 0 spiro atoms. The van der Waals surface area contributed by atoms with Crippen LogP contribution in [0, 0.1) is 19.8 Å². The van der Waals surface area contributed by atoms with Crippen LogP contribution < -0.4 is 0 Å². The molecule has 0 N–H and O–H groups in total. The van der Waals surface area contributed by atoms with E-state index in [4.69, 9.17) is 10.7 Å². The van der Waals surface area contributed by atoms with E-state index in [1.165, 1.54) is 19.3 Å². The van der Waals surface area contributed by atoms with Crippen LogP contribution in [0.5, 0.6) is 0 Å². The number of nitrogens with zero attached hydrogens (tertiary/aromatic N) is 2. The molecule has 1 fully saturated rings. The molecule has 4 nitrogen and oxygen atoms in total. The second-order valence-electron chi connectivity index (χ2n) is 4.42. The van der Waals surface area contributed by atoms with Gasteiger partial charge >= 0.3 is 0 Å². The van der Waals surface area contributed by atoms with Crippen molar-refractivity contribution in [1.29, 1.82) is 0 Å². The van der Waals surface area contributed by atoms with Crippen molar-refractivity contribution in [2.24, 2.45) is 5.92 Å². The van der Waals surface area contributed by atoms with E-state index in [-0.39, 0.29) is 4.90 Å². The molecule has 1 aromatic heterocycles. The lowest BCUT2D eigenvalue weighted by Crippen LogP contribution is -2.19. The highest BCUT2D eigenvalue weighted by Crippen LogP contribution is 2.30. The fourth-order valence-corrected chi connectivity index (χ4v) is 3.65. The van der Waals surface area contributed by atoms with Crippen molar-refractivity contribution in [3.8, 4) is 0 Å². The number of aromatic nitrogens is 2. The van der Waals surface area contributed by atoms with Crippen molar-refractivity contribution < 1.29 is 8.42 Å². The van der Waals surface area contributed by atoms with E-state index in [1.807, 2.05) is 0 Å². The summed E-state index contributed by atoms with van der Waals surface area (Å²) in [5.41, 5.74) is 1.14. The van der Waals surface area contributed by atoms with Gasteiger partial charge in [0.15, 0.2) is 0 Å². The van der Waals surface area contributed by atoms with Crippen molar-refractivity contribution in [1.82, 2.24) is 9.78 Å². The average Bonchev–Trinajstić information content (AvgIpc) is 2.33. The van der Waals surface area contributed by atoms with Crippen molar-refractivity contribution in [2.75, 3.05) is 0 Å². The second kappa shape index (κ2) is 4.04. The lowest BCUT2D eigenvalue weighted by atomic mass is 9.85. The molecule has 1 aliphatic rings. The zero-order chi connectivity index (χ0) is 11.9. The maximum atomic E-state index is 11.4. The standard InChI is InChI=1S/C10H15ClN2O2S/c1-7-10(16(11,14)15)8(2)13(12-7)6-9-4-3-5-9/h9H,3-6H2,1-2H3.